The lowest BCUT2D eigenvalue weighted by Gasteiger charge is -2.37. The van der Waals surface area contributed by atoms with Crippen LogP contribution in [0.25, 0.3) is 0 Å². The average molecular weight is 420 g/mol. The number of hydrogen-bond acceptors (Lipinski definition) is 5. The molecule has 2 saturated heterocycles. The molecule has 1 aromatic carbocycles. The zero-order valence-corrected chi connectivity index (χ0v) is 18.0. The van der Waals surface area contributed by atoms with E-state index in [-0.39, 0.29) is 18.2 Å². The predicted octanol–water partition coefficient (Wildman–Crippen LogP) is 3.58. The van der Waals surface area contributed by atoms with Crippen molar-refractivity contribution >= 4 is 10.0 Å². The number of nitrogens with one attached hydrogen (secondary N) is 1. The summed E-state index contributed by atoms with van der Waals surface area (Å²) in [6.45, 7) is 6.28. The average Bonchev–Trinajstić information content (AvgIpc) is 3.18. The molecule has 0 radical (unpaired) electrons. The molecule has 0 amide bonds. The fraction of sp³-hybridized carbons (Fsp3) is 0.571. The van der Waals surface area contributed by atoms with E-state index in [1.54, 1.807) is 18.2 Å². The lowest BCUT2D eigenvalue weighted by molar-refractivity contribution is 0.0955. The summed E-state index contributed by atoms with van der Waals surface area (Å²) < 4.78 is 40.2. The van der Waals surface area contributed by atoms with Crippen molar-refractivity contribution < 1.29 is 17.9 Å². The van der Waals surface area contributed by atoms with E-state index < -0.39 is 10.0 Å². The van der Waals surface area contributed by atoms with Crippen LogP contribution in [0.1, 0.15) is 50.4 Å². The van der Waals surface area contributed by atoms with Gasteiger partial charge in [-0.1, -0.05) is 6.92 Å². The van der Waals surface area contributed by atoms with E-state index in [1.165, 1.54) is 0 Å². The summed E-state index contributed by atoms with van der Waals surface area (Å²) >= 11 is 0. The van der Waals surface area contributed by atoms with Crippen LogP contribution in [0.4, 0.5) is 0 Å². The molecule has 2 aromatic rings. The van der Waals surface area contributed by atoms with Crippen LogP contribution in [0, 0.1) is 13.8 Å². The Hall–Kier alpha value is -2.06. The van der Waals surface area contributed by atoms with Gasteiger partial charge in [0.25, 0.3) is 0 Å². The minimum Gasteiger partial charge on any atom is -0.494 e. The molecule has 2 fully saturated rings. The number of rotatable bonds is 7. The molecule has 3 atom stereocenters. The summed E-state index contributed by atoms with van der Waals surface area (Å²) in [5.41, 5.74) is 1.14. The Bertz CT molecular complexity index is 921. The number of nitrogens with zero attached hydrogens (tertiary/aromatic N) is 2. The molecule has 2 aliphatic heterocycles. The van der Waals surface area contributed by atoms with Gasteiger partial charge in [-0.15, -0.1) is 0 Å². The minimum atomic E-state index is -3.56. The number of aryl methyl sites for hydroxylation is 2. The van der Waals surface area contributed by atoms with E-state index in [1.807, 2.05) is 24.3 Å². The highest BCUT2D eigenvalue weighted by molar-refractivity contribution is 7.89. The first-order valence-corrected chi connectivity index (χ1v) is 11.8. The SMILES string of the molecule is CCCOc1ccc(O[C@@H]2C[C@H]3CC[C@@H](C2)N3S(=O)(=O)c2c(C)n[nH]c2C)cc1. The Morgan fingerprint density at radius 3 is 2.28 bits per heavy atom. The maximum absolute atomic E-state index is 13.4. The normalized spacial score (nSPS) is 24.6. The number of fused-ring (bicyclic) bond motifs is 2. The van der Waals surface area contributed by atoms with Gasteiger partial charge in [0.05, 0.1) is 18.0 Å². The zero-order chi connectivity index (χ0) is 20.6. The van der Waals surface area contributed by atoms with Crippen molar-refractivity contribution in [2.75, 3.05) is 6.61 Å². The van der Waals surface area contributed by atoms with Crippen LogP contribution < -0.4 is 9.47 Å². The molecule has 158 valence electrons. The molecule has 1 aromatic heterocycles. The molecule has 29 heavy (non-hydrogen) atoms. The number of benzene rings is 1. The van der Waals surface area contributed by atoms with Crippen LogP contribution in [-0.2, 0) is 10.0 Å². The quantitative estimate of drug-likeness (QED) is 0.742. The Kier molecular flexibility index (Phi) is 5.57. The molecule has 2 bridgehead atoms. The van der Waals surface area contributed by atoms with Crippen molar-refractivity contribution in [3.63, 3.8) is 0 Å². The van der Waals surface area contributed by atoms with Gasteiger partial charge in [-0.05, 0) is 57.4 Å². The first kappa shape index (κ1) is 20.2. The molecule has 1 N–H and O–H groups in total. The molecular formula is C21H29N3O4S. The number of sulfonamides is 1. The Morgan fingerprint density at radius 1 is 1.10 bits per heavy atom. The minimum absolute atomic E-state index is 0.0212. The lowest BCUT2D eigenvalue weighted by Crippen LogP contribution is -2.49. The smallest absolute Gasteiger partial charge is 0.247 e. The van der Waals surface area contributed by atoms with Crippen molar-refractivity contribution in [3.05, 3.63) is 35.7 Å². The monoisotopic (exact) mass is 419 g/mol. The Balaban J connectivity index is 1.45. The van der Waals surface area contributed by atoms with E-state index in [2.05, 4.69) is 17.1 Å². The molecule has 3 heterocycles. The Labute approximate surface area is 172 Å². The highest BCUT2D eigenvalue weighted by atomic mass is 32.2. The van der Waals surface area contributed by atoms with Crippen LogP contribution in [-0.4, -0.2) is 47.7 Å². The van der Waals surface area contributed by atoms with Crippen LogP contribution in [0.2, 0.25) is 0 Å². The maximum Gasteiger partial charge on any atom is 0.247 e. The summed E-state index contributed by atoms with van der Waals surface area (Å²) in [5.74, 6) is 1.64. The zero-order valence-electron chi connectivity index (χ0n) is 17.2. The van der Waals surface area contributed by atoms with Crippen molar-refractivity contribution in [1.82, 2.24) is 14.5 Å². The fourth-order valence-electron chi connectivity index (χ4n) is 4.63. The largest absolute Gasteiger partial charge is 0.494 e. The first-order chi connectivity index (χ1) is 13.9. The summed E-state index contributed by atoms with van der Waals surface area (Å²) in [6.07, 6.45) is 4.17. The van der Waals surface area contributed by atoms with Crippen LogP contribution in [0.5, 0.6) is 11.5 Å². The highest BCUT2D eigenvalue weighted by Gasteiger charge is 2.48. The fourth-order valence-corrected chi connectivity index (χ4v) is 6.86. The second-order valence-electron chi connectivity index (χ2n) is 8.01. The third-order valence-corrected chi connectivity index (χ3v) is 8.09. The molecule has 0 aliphatic carbocycles. The van der Waals surface area contributed by atoms with E-state index in [0.717, 1.165) is 30.8 Å². The molecule has 7 nitrogen and oxygen atoms in total. The lowest BCUT2D eigenvalue weighted by atomic mass is 10.0. The van der Waals surface area contributed by atoms with Crippen molar-refractivity contribution in [2.24, 2.45) is 0 Å². The van der Waals surface area contributed by atoms with Crippen LogP contribution in [0.15, 0.2) is 29.2 Å². The summed E-state index contributed by atoms with van der Waals surface area (Å²) in [6, 6.07) is 7.64. The van der Waals surface area contributed by atoms with Gasteiger partial charge >= 0.3 is 0 Å². The van der Waals surface area contributed by atoms with Gasteiger partial charge in [-0.3, -0.25) is 5.10 Å². The number of aromatic amines is 1. The summed E-state index contributed by atoms with van der Waals surface area (Å²) in [5, 5.41) is 6.88. The Morgan fingerprint density at radius 2 is 1.72 bits per heavy atom. The van der Waals surface area contributed by atoms with Crippen LogP contribution in [0.3, 0.4) is 0 Å². The van der Waals surface area contributed by atoms with Crippen molar-refractivity contribution in [3.8, 4) is 11.5 Å². The topological polar surface area (TPSA) is 84.5 Å². The number of H-pyrrole nitrogens is 1. The van der Waals surface area contributed by atoms with E-state index in [0.29, 0.717) is 35.7 Å². The van der Waals surface area contributed by atoms with Crippen molar-refractivity contribution in [2.45, 2.75) is 76.0 Å². The van der Waals surface area contributed by atoms with E-state index >= 15 is 0 Å². The van der Waals surface area contributed by atoms with E-state index in [9.17, 15) is 8.42 Å². The van der Waals surface area contributed by atoms with Gasteiger partial charge in [0.1, 0.15) is 22.5 Å². The number of piperidine rings is 1. The molecule has 0 unspecified atom stereocenters. The first-order valence-electron chi connectivity index (χ1n) is 10.3. The number of ether oxygens (including phenoxy) is 2. The van der Waals surface area contributed by atoms with Crippen molar-refractivity contribution in [1.29, 1.82) is 0 Å². The third-order valence-electron chi connectivity index (χ3n) is 5.82. The third kappa shape index (κ3) is 3.88. The molecule has 8 heteroatoms. The van der Waals surface area contributed by atoms with Gasteiger partial charge < -0.3 is 9.47 Å². The standard InChI is InChI=1S/C21H29N3O4S/c1-4-11-27-18-7-9-19(10-8-18)28-20-12-16-5-6-17(13-20)24(16)29(25,26)21-14(2)22-23-15(21)3/h7-10,16-17,20H,4-6,11-13H2,1-3H3,(H,22,23)/t16-,17+,20-. The van der Waals surface area contributed by atoms with Gasteiger partial charge in [0, 0.05) is 24.9 Å². The number of hydrogen-bond donors (Lipinski definition) is 1. The second kappa shape index (κ2) is 7.99. The van der Waals surface area contributed by atoms with Crippen LogP contribution >= 0.6 is 0 Å². The highest BCUT2D eigenvalue weighted by Crippen LogP contribution is 2.41. The number of aromatic nitrogens is 2. The second-order valence-corrected chi connectivity index (χ2v) is 9.79. The van der Waals surface area contributed by atoms with Gasteiger partial charge in [0.15, 0.2) is 0 Å². The molecule has 0 spiro atoms. The molecule has 0 saturated carbocycles. The summed E-state index contributed by atoms with van der Waals surface area (Å²) in [4.78, 5) is 0.330. The molecule has 2 aliphatic rings. The van der Waals surface area contributed by atoms with Gasteiger partial charge in [-0.25, -0.2) is 8.42 Å². The van der Waals surface area contributed by atoms with Gasteiger partial charge in [0.2, 0.25) is 10.0 Å². The predicted molar refractivity (Wildman–Crippen MR) is 110 cm³/mol. The van der Waals surface area contributed by atoms with E-state index in [4.69, 9.17) is 9.47 Å². The summed E-state index contributed by atoms with van der Waals surface area (Å²) in [7, 11) is -3.56. The molecule has 4 rings (SSSR count). The van der Waals surface area contributed by atoms with Gasteiger partial charge in [-0.2, -0.15) is 9.40 Å². The molecular weight excluding hydrogens is 390 g/mol. The maximum atomic E-state index is 13.4.